The SMILES string of the molecule is CNc1cccc(Oc2cc(F)cc(F)c2)c1[N+](=O)[O-]. The van der Waals surface area contributed by atoms with Crippen LogP contribution in [0.25, 0.3) is 0 Å². The lowest BCUT2D eigenvalue weighted by Gasteiger charge is -2.09. The molecular weight excluding hydrogens is 270 g/mol. The van der Waals surface area contributed by atoms with Gasteiger partial charge in [0.2, 0.25) is 5.75 Å². The monoisotopic (exact) mass is 280 g/mol. The Labute approximate surface area is 113 Å². The summed E-state index contributed by atoms with van der Waals surface area (Å²) in [7, 11) is 1.52. The van der Waals surface area contributed by atoms with Crippen molar-refractivity contribution in [2.45, 2.75) is 0 Å². The van der Waals surface area contributed by atoms with Crippen LogP contribution in [0.15, 0.2) is 36.4 Å². The van der Waals surface area contributed by atoms with E-state index < -0.39 is 16.6 Å². The van der Waals surface area contributed by atoms with Crippen LogP contribution in [0.3, 0.4) is 0 Å². The molecule has 104 valence electrons. The van der Waals surface area contributed by atoms with Crippen LogP contribution in [-0.4, -0.2) is 12.0 Å². The van der Waals surface area contributed by atoms with Crippen molar-refractivity contribution in [1.82, 2.24) is 0 Å². The van der Waals surface area contributed by atoms with Gasteiger partial charge >= 0.3 is 5.69 Å². The van der Waals surface area contributed by atoms with Gasteiger partial charge in [0.05, 0.1) is 4.92 Å². The molecule has 1 N–H and O–H groups in total. The summed E-state index contributed by atoms with van der Waals surface area (Å²) in [6.07, 6.45) is 0. The number of nitrogens with one attached hydrogen (secondary N) is 1. The van der Waals surface area contributed by atoms with Crippen molar-refractivity contribution in [2.75, 3.05) is 12.4 Å². The molecule has 0 unspecified atom stereocenters. The molecule has 7 heteroatoms. The topological polar surface area (TPSA) is 64.4 Å². The third kappa shape index (κ3) is 2.82. The van der Waals surface area contributed by atoms with Gasteiger partial charge in [-0.25, -0.2) is 8.78 Å². The molecule has 0 aliphatic carbocycles. The minimum Gasteiger partial charge on any atom is -0.450 e. The molecule has 2 aromatic carbocycles. The van der Waals surface area contributed by atoms with Crippen LogP contribution >= 0.6 is 0 Å². The summed E-state index contributed by atoms with van der Waals surface area (Å²) in [5.41, 5.74) is -0.0657. The first-order chi connectivity index (χ1) is 9.51. The average Bonchev–Trinajstić information content (AvgIpc) is 2.36. The van der Waals surface area contributed by atoms with Gasteiger partial charge < -0.3 is 10.1 Å². The molecule has 5 nitrogen and oxygen atoms in total. The van der Waals surface area contributed by atoms with Gasteiger partial charge in [0.15, 0.2) is 0 Å². The average molecular weight is 280 g/mol. The summed E-state index contributed by atoms with van der Waals surface area (Å²) in [6, 6.07) is 6.95. The molecule has 2 aromatic rings. The zero-order valence-electron chi connectivity index (χ0n) is 10.4. The predicted octanol–water partition coefficient (Wildman–Crippen LogP) is 3.71. The normalized spacial score (nSPS) is 10.2. The molecule has 0 spiro atoms. The van der Waals surface area contributed by atoms with Crippen molar-refractivity contribution >= 4 is 11.4 Å². The van der Waals surface area contributed by atoms with Gasteiger partial charge in [-0.15, -0.1) is 0 Å². The number of anilines is 1. The number of rotatable bonds is 4. The third-order valence-corrected chi connectivity index (χ3v) is 2.51. The Morgan fingerprint density at radius 3 is 2.40 bits per heavy atom. The molecule has 0 saturated carbocycles. The van der Waals surface area contributed by atoms with Crippen LogP contribution in [0.4, 0.5) is 20.2 Å². The molecule has 0 radical (unpaired) electrons. The summed E-state index contributed by atoms with van der Waals surface area (Å²) >= 11 is 0. The zero-order valence-corrected chi connectivity index (χ0v) is 10.4. The highest BCUT2D eigenvalue weighted by Crippen LogP contribution is 2.37. The van der Waals surface area contributed by atoms with Crippen molar-refractivity contribution in [3.8, 4) is 11.5 Å². The Morgan fingerprint density at radius 2 is 1.85 bits per heavy atom. The van der Waals surface area contributed by atoms with Crippen molar-refractivity contribution in [1.29, 1.82) is 0 Å². The fourth-order valence-electron chi connectivity index (χ4n) is 1.71. The number of nitrogens with zero attached hydrogens (tertiary/aromatic N) is 1. The van der Waals surface area contributed by atoms with Crippen LogP contribution in [0.1, 0.15) is 0 Å². The highest BCUT2D eigenvalue weighted by molar-refractivity contribution is 5.68. The predicted molar refractivity (Wildman–Crippen MR) is 69.1 cm³/mol. The maximum Gasteiger partial charge on any atom is 0.334 e. The molecule has 0 saturated heterocycles. The van der Waals surface area contributed by atoms with E-state index in [1.807, 2.05) is 0 Å². The number of para-hydroxylation sites is 1. The number of hydrogen-bond acceptors (Lipinski definition) is 4. The van der Waals surface area contributed by atoms with E-state index in [-0.39, 0.29) is 22.9 Å². The first-order valence-corrected chi connectivity index (χ1v) is 5.60. The van der Waals surface area contributed by atoms with E-state index in [0.717, 1.165) is 12.1 Å². The lowest BCUT2D eigenvalue weighted by Crippen LogP contribution is -1.99. The molecule has 0 fully saturated rings. The molecular formula is C13H10F2N2O3. The van der Waals surface area contributed by atoms with E-state index in [1.54, 1.807) is 0 Å². The minimum atomic E-state index is -0.826. The quantitative estimate of drug-likeness (QED) is 0.685. The number of ether oxygens (including phenoxy) is 1. The van der Waals surface area contributed by atoms with Crippen molar-refractivity contribution in [3.05, 3.63) is 58.1 Å². The molecule has 2 rings (SSSR count). The molecule has 0 aliphatic rings. The van der Waals surface area contributed by atoms with Crippen LogP contribution in [0.2, 0.25) is 0 Å². The second kappa shape index (κ2) is 5.52. The van der Waals surface area contributed by atoms with Gasteiger partial charge in [0.1, 0.15) is 23.1 Å². The fraction of sp³-hybridized carbons (Fsp3) is 0.0769. The molecule has 0 aliphatic heterocycles. The Morgan fingerprint density at radius 1 is 1.20 bits per heavy atom. The first-order valence-electron chi connectivity index (χ1n) is 5.60. The van der Waals surface area contributed by atoms with E-state index in [0.29, 0.717) is 6.07 Å². The van der Waals surface area contributed by atoms with Gasteiger partial charge in [-0.05, 0) is 12.1 Å². The van der Waals surface area contributed by atoms with Crippen LogP contribution < -0.4 is 10.1 Å². The van der Waals surface area contributed by atoms with E-state index >= 15 is 0 Å². The molecule has 20 heavy (non-hydrogen) atoms. The van der Waals surface area contributed by atoms with E-state index in [1.165, 1.54) is 25.2 Å². The Kier molecular flexibility index (Phi) is 3.79. The first kappa shape index (κ1) is 13.7. The summed E-state index contributed by atoms with van der Waals surface area (Å²) in [4.78, 5) is 10.4. The number of nitro groups is 1. The lowest BCUT2D eigenvalue weighted by atomic mass is 10.2. The Hall–Kier alpha value is -2.70. The molecule has 0 amide bonds. The largest absolute Gasteiger partial charge is 0.450 e. The van der Waals surface area contributed by atoms with Crippen molar-refractivity contribution in [3.63, 3.8) is 0 Å². The highest BCUT2D eigenvalue weighted by atomic mass is 19.1. The minimum absolute atomic E-state index is 0.105. The van der Waals surface area contributed by atoms with Crippen molar-refractivity contribution in [2.24, 2.45) is 0 Å². The maximum atomic E-state index is 13.1. The third-order valence-electron chi connectivity index (χ3n) is 2.51. The summed E-state index contributed by atoms with van der Waals surface area (Å²) in [5.74, 6) is -1.91. The van der Waals surface area contributed by atoms with Gasteiger partial charge in [0, 0.05) is 25.2 Å². The lowest BCUT2D eigenvalue weighted by molar-refractivity contribution is -0.384. The fourth-order valence-corrected chi connectivity index (χ4v) is 1.71. The Balaban J connectivity index is 2.45. The molecule has 0 atom stereocenters. The highest BCUT2D eigenvalue weighted by Gasteiger charge is 2.21. The Bertz CT molecular complexity index is 642. The van der Waals surface area contributed by atoms with E-state index in [9.17, 15) is 18.9 Å². The number of nitro benzene ring substituents is 1. The van der Waals surface area contributed by atoms with Crippen molar-refractivity contribution < 1.29 is 18.4 Å². The van der Waals surface area contributed by atoms with Crippen LogP contribution in [0.5, 0.6) is 11.5 Å². The summed E-state index contributed by atoms with van der Waals surface area (Å²) in [6.45, 7) is 0. The van der Waals surface area contributed by atoms with Crippen LogP contribution in [-0.2, 0) is 0 Å². The smallest absolute Gasteiger partial charge is 0.334 e. The molecule has 0 heterocycles. The van der Waals surface area contributed by atoms with Gasteiger partial charge in [-0.1, -0.05) is 6.07 Å². The number of benzene rings is 2. The molecule has 0 bridgehead atoms. The second-order valence-electron chi connectivity index (χ2n) is 3.87. The maximum absolute atomic E-state index is 13.1. The van der Waals surface area contributed by atoms with E-state index in [2.05, 4.69) is 5.32 Å². The van der Waals surface area contributed by atoms with Gasteiger partial charge in [-0.3, -0.25) is 10.1 Å². The molecule has 0 aromatic heterocycles. The second-order valence-corrected chi connectivity index (χ2v) is 3.87. The van der Waals surface area contributed by atoms with Gasteiger partial charge in [-0.2, -0.15) is 0 Å². The zero-order chi connectivity index (χ0) is 14.7. The van der Waals surface area contributed by atoms with Gasteiger partial charge in [0.25, 0.3) is 0 Å². The van der Waals surface area contributed by atoms with Crippen LogP contribution in [0, 0.1) is 21.7 Å². The number of halogens is 2. The van der Waals surface area contributed by atoms with E-state index in [4.69, 9.17) is 4.74 Å². The number of hydrogen-bond donors (Lipinski definition) is 1. The summed E-state index contributed by atoms with van der Waals surface area (Å²) < 4.78 is 31.4. The summed E-state index contributed by atoms with van der Waals surface area (Å²) in [5, 5.41) is 13.7. The standard InChI is InChI=1S/C13H10F2N2O3/c1-16-11-3-2-4-12(13(11)17(18)19)20-10-6-8(14)5-9(15)7-10/h2-7,16H,1H3.